The number of thiocarbonyl (C=S) groups is 1. The monoisotopic (exact) mass is 522 g/mol. The minimum atomic E-state index is -0.533. The zero-order valence-corrected chi connectivity index (χ0v) is 20.4. The SMILES string of the molecule is COc1cc([N+](=O)[O-])ccc1-c1ccc([C@H]2[C@@H](c3ccccn3)NC(=S)N2c2cc(Cl)ccc2O)o1. The molecule has 2 atom stereocenters. The molecule has 36 heavy (non-hydrogen) atoms. The normalized spacial score (nSPS) is 17.2. The van der Waals surface area contributed by atoms with Gasteiger partial charge in [-0.25, -0.2) is 0 Å². The summed E-state index contributed by atoms with van der Waals surface area (Å²) < 4.78 is 11.7. The average molecular weight is 523 g/mol. The first-order chi connectivity index (χ1) is 17.4. The molecule has 2 aromatic heterocycles. The van der Waals surface area contributed by atoms with E-state index in [-0.39, 0.29) is 11.4 Å². The van der Waals surface area contributed by atoms with Crippen LogP contribution in [0.5, 0.6) is 11.5 Å². The maximum atomic E-state index is 11.2. The molecule has 3 heterocycles. The molecule has 5 rings (SSSR count). The number of nitrogens with one attached hydrogen (secondary N) is 1. The Labute approximate surface area is 216 Å². The summed E-state index contributed by atoms with van der Waals surface area (Å²) in [5, 5.41) is 25.9. The summed E-state index contributed by atoms with van der Waals surface area (Å²) in [7, 11) is 1.44. The molecular weight excluding hydrogens is 504 g/mol. The molecule has 0 bridgehead atoms. The fourth-order valence-corrected chi connectivity index (χ4v) is 4.75. The van der Waals surface area contributed by atoms with E-state index in [9.17, 15) is 15.2 Å². The van der Waals surface area contributed by atoms with Gasteiger partial charge in [0.15, 0.2) is 5.11 Å². The number of rotatable bonds is 6. The van der Waals surface area contributed by atoms with Gasteiger partial charge >= 0.3 is 0 Å². The van der Waals surface area contributed by atoms with E-state index < -0.39 is 17.0 Å². The molecule has 0 unspecified atom stereocenters. The van der Waals surface area contributed by atoms with E-state index in [0.29, 0.717) is 38.7 Å². The van der Waals surface area contributed by atoms with Crippen molar-refractivity contribution in [3.63, 3.8) is 0 Å². The van der Waals surface area contributed by atoms with Gasteiger partial charge in [0.25, 0.3) is 5.69 Å². The number of ether oxygens (including phenoxy) is 1. The van der Waals surface area contributed by atoms with Crippen molar-refractivity contribution in [2.24, 2.45) is 0 Å². The summed E-state index contributed by atoms with van der Waals surface area (Å²) in [6.07, 6.45) is 1.69. The van der Waals surface area contributed by atoms with Crippen LogP contribution in [0.1, 0.15) is 23.5 Å². The number of hydrogen-bond acceptors (Lipinski definition) is 7. The van der Waals surface area contributed by atoms with Crippen LogP contribution in [-0.2, 0) is 0 Å². The molecule has 0 saturated carbocycles. The summed E-state index contributed by atoms with van der Waals surface area (Å²) in [4.78, 5) is 16.9. The van der Waals surface area contributed by atoms with Gasteiger partial charge in [-0.05, 0) is 60.7 Å². The molecule has 1 aliphatic rings. The lowest BCUT2D eigenvalue weighted by atomic mass is 10.0. The first-order valence-corrected chi connectivity index (χ1v) is 11.6. The Kier molecular flexibility index (Phi) is 6.21. The lowest BCUT2D eigenvalue weighted by Gasteiger charge is -2.26. The number of nitrogens with zero attached hydrogens (tertiary/aromatic N) is 3. The summed E-state index contributed by atoms with van der Waals surface area (Å²) in [5.41, 5.74) is 1.59. The van der Waals surface area contributed by atoms with Crippen LogP contribution < -0.4 is 15.0 Å². The Bertz CT molecular complexity index is 1460. The minimum absolute atomic E-state index is 0.000890. The van der Waals surface area contributed by atoms with Crippen molar-refractivity contribution in [1.29, 1.82) is 0 Å². The maximum absolute atomic E-state index is 11.2. The van der Waals surface area contributed by atoms with Gasteiger partial charge in [0.05, 0.1) is 41.1 Å². The highest BCUT2D eigenvalue weighted by molar-refractivity contribution is 7.80. The van der Waals surface area contributed by atoms with Crippen LogP contribution >= 0.6 is 23.8 Å². The second-order valence-electron chi connectivity index (χ2n) is 7.97. The molecule has 11 heteroatoms. The number of pyridine rings is 1. The van der Waals surface area contributed by atoms with Gasteiger partial charge in [-0.15, -0.1) is 0 Å². The van der Waals surface area contributed by atoms with Crippen molar-refractivity contribution in [2.75, 3.05) is 12.0 Å². The smallest absolute Gasteiger partial charge is 0.273 e. The number of aromatic hydroxyl groups is 1. The molecule has 0 aliphatic carbocycles. The molecule has 4 aromatic rings. The molecule has 1 aliphatic heterocycles. The van der Waals surface area contributed by atoms with E-state index >= 15 is 0 Å². The largest absolute Gasteiger partial charge is 0.506 e. The first kappa shape index (κ1) is 23.6. The number of nitro benzene ring substituents is 1. The Morgan fingerprint density at radius 1 is 1.19 bits per heavy atom. The van der Waals surface area contributed by atoms with E-state index in [0.717, 1.165) is 5.69 Å². The fraction of sp³-hybridized carbons (Fsp3) is 0.120. The number of phenols is 1. The summed E-state index contributed by atoms with van der Waals surface area (Å²) in [5.74, 6) is 1.27. The third-order valence-electron chi connectivity index (χ3n) is 5.87. The number of nitro groups is 1. The van der Waals surface area contributed by atoms with Gasteiger partial charge in [-0.2, -0.15) is 0 Å². The van der Waals surface area contributed by atoms with E-state index in [4.69, 9.17) is 33.0 Å². The maximum Gasteiger partial charge on any atom is 0.273 e. The average Bonchev–Trinajstić information content (AvgIpc) is 3.50. The number of aromatic nitrogens is 1. The number of halogens is 1. The minimum Gasteiger partial charge on any atom is -0.506 e. The lowest BCUT2D eigenvalue weighted by molar-refractivity contribution is -0.384. The van der Waals surface area contributed by atoms with Crippen molar-refractivity contribution in [3.05, 3.63) is 99.5 Å². The van der Waals surface area contributed by atoms with Crippen LogP contribution in [0.25, 0.3) is 11.3 Å². The van der Waals surface area contributed by atoms with Crippen LogP contribution in [0.4, 0.5) is 11.4 Å². The highest BCUT2D eigenvalue weighted by atomic mass is 35.5. The summed E-state index contributed by atoms with van der Waals surface area (Å²) in [6.45, 7) is 0. The van der Waals surface area contributed by atoms with Crippen molar-refractivity contribution >= 4 is 40.3 Å². The quantitative estimate of drug-likeness (QED) is 0.184. The van der Waals surface area contributed by atoms with Crippen LogP contribution in [-0.4, -0.2) is 27.2 Å². The topological polar surface area (TPSA) is 114 Å². The zero-order valence-electron chi connectivity index (χ0n) is 18.8. The van der Waals surface area contributed by atoms with E-state index in [1.807, 2.05) is 18.2 Å². The van der Waals surface area contributed by atoms with Crippen molar-refractivity contribution in [2.45, 2.75) is 12.1 Å². The van der Waals surface area contributed by atoms with Gasteiger partial charge in [-0.3, -0.25) is 15.1 Å². The number of benzene rings is 2. The zero-order chi connectivity index (χ0) is 25.4. The van der Waals surface area contributed by atoms with Crippen molar-refractivity contribution in [1.82, 2.24) is 10.3 Å². The molecule has 9 nitrogen and oxygen atoms in total. The third-order valence-corrected chi connectivity index (χ3v) is 6.42. The lowest BCUT2D eigenvalue weighted by Crippen LogP contribution is -2.29. The predicted molar refractivity (Wildman–Crippen MR) is 138 cm³/mol. The number of furan rings is 1. The number of methoxy groups -OCH3 is 1. The molecule has 2 N–H and O–H groups in total. The number of anilines is 1. The van der Waals surface area contributed by atoms with Gasteiger partial charge in [-0.1, -0.05) is 17.7 Å². The van der Waals surface area contributed by atoms with Gasteiger partial charge in [0, 0.05) is 17.3 Å². The first-order valence-electron chi connectivity index (χ1n) is 10.8. The Hall–Kier alpha value is -4.15. The number of phenolic OH excluding ortho intramolecular Hbond substituents is 1. The molecule has 2 aromatic carbocycles. The summed E-state index contributed by atoms with van der Waals surface area (Å²) >= 11 is 11.9. The Balaban J connectivity index is 1.62. The third kappa shape index (κ3) is 4.21. The molecular formula is C25H19ClN4O5S. The van der Waals surface area contributed by atoms with Crippen LogP contribution in [0, 0.1) is 10.1 Å². The van der Waals surface area contributed by atoms with E-state index in [1.165, 1.54) is 25.3 Å². The number of hydrogen-bond donors (Lipinski definition) is 2. The Morgan fingerprint density at radius 3 is 2.75 bits per heavy atom. The molecule has 1 fully saturated rings. The second kappa shape index (κ2) is 9.48. The van der Waals surface area contributed by atoms with E-state index in [2.05, 4.69) is 10.3 Å². The molecule has 0 radical (unpaired) electrons. The van der Waals surface area contributed by atoms with Gasteiger partial charge in [0.1, 0.15) is 29.1 Å². The molecule has 0 spiro atoms. The highest BCUT2D eigenvalue weighted by Crippen LogP contribution is 2.46. The van der Waals surface area contributed by atoms with Crippen LogP contribution in [0.2, 0.25) is 5.02 Å². The second-order valence-corrected chi connectivity index (χ2v) is 8.80. The summed E-state index contributed by atoms with van der Waals surface area (Å²) in [6, 6.07) is 17.2. The predicted octanol–water partition coefficient (Wildman–Crippen LogP) is 5.79. The van der Waals surface area contributed by atoms with E-state index in [1.54, 1.807) is 41.4 Å². The Morgan fingerprint density at radius 2 is 2.03 bits per heavy atom. The van der Waals surface area contributed by atoms with Gasteiger partial charge < -0.3 is 24.5 Å². The molecule has 0 amide bonds. The molecule has 1 saturated heterocycles. The molecule has 182 valence electrons. The number of non-ortho nitro benzene ring substituents is 1. The van der Waals surface area contributed by atoms with Gasteiger partial charge in [0.2, 0.25) is 0 Å². The highest BCUT2D eigenvalue weighted by Gasteiger charge is 2.43. The van der Waals surface area contributed by atoms with Crippen LogP contribution in [0.15, 0.2) is 77.3 Å². The fourth-order valence-electron chi connectivity index (χ4n) is 4.25. The van der Waals surface area contributed by atoms with Crippen molar-refractivity contribution < 1.29 is 19.2 Å². The van der Waals surface area contributed by atoms with Crippen molar-refractivity contribution in [3.8, 4) is 22.8 Å². The standard InChI is InChI=1S/C25H19ClN4O5S/c1-34-22-13-15(30(32)33)6-7-16(22)20-9-10-21(35-20)24-23(17-4-2-3-11-27-17)28-25(36)29(24)18-12-14(26)5-8-19(18)31/h2-13,23-24,31H,1H3,(H,28,36)/t23-,24+/m1/s1. The van der Waals surface area contributed by atoms with Crippen LogP contribution in [0.3, 0.4) is 0 Å².